The Labute approximate surface area is 182 Å². The van der Waals surface area contributed by atoms with Crippen LogP contribution in [0.1, 0.15) is 18.2 Å². The lowest BCUT2D eigenvalue weighted by atomic mass is 10.1. The molecule has 4 rings (SSSR count). The number of hydrogen-bond acceptors (Lipinski definition) is 6. The molecule has 0 radical (unpaired) electrons. The molecule has 2 N–H and O–H groups in total. The van der Waals surface area contributed by atoms with E-state index in [9.17, 15) is 9.59 Å². The molecule has 0 atom stereocenters. The zero-order chi connectivity index (χ0) is 22.7. The summed E-state index contributed by atoms with van der Waals surface area (Å²) in [5, 5.41) is 24.1. The molecule has 0 fully saturated rings. The van der Waals surface area contributed by atoms with E-state index in [1.807, 2.05) is 36.4 Å². The van der Waals surface area contributed by atoms with E-state index in [0.717, 1.165) is 11.1 Å². The number of benzene rings is 1. The molecule has 4 aromatic rings. The van der Waals surface area contributed by atoms with Crippen molar-refractivity contribution in [3.05, 3.63) is 72.1 Å². The zero-order valence-corrected chi connectivity index (χ0v) is 16.9. The predicted octanol–water partition coefficient (Wildman–Crippen LogP) is 3.31. The number of carbonyl (C=O) groups is 2. The largest absolute Gasteiger partial charge is 0.465 e. The van der Waals surface area contributed by atoms with Gasteiger partial charge in [-0.3, -0.25) is 10.1 Å². The van der Waals surface area contributed by atoms with E-state index < -0.39 is 6.09 Å². The summed E-state index contributed by atoms with van der Waals surface area (Å²) in [5.74, 6) is -0.148. The standard InChI is InChI=1S/C22H17N7O3/c1-14(30)28(13-15-5-8-17(11-23)24-12-15)18-9-6-16(7-10-18)19-3-2-4-20-25-21(26-22(31)32)27-29(19)20/h2-10,12H,13H2,1H3,(H,26,27)(H,31,32). The van der Waals surface area contributed by atoms with Crippen molar-refractivity contribution in [2.75, 3.05) is 10.2 Å². The Morgan fingerprint density at radius 2 is 1.94 bits per heavy atom. The van der Waals surface area contributed by atoms with Gasteiger partial charge in [-0.1, -0.05) is 24.3 Å². The molecule has 10 heteroatoms. The van der Waals surface area contributed by atoms with Gasteiger partial charge in [0, 0.05) is 24.4 Å². The van der Waals surface area contributed by atoms with E-state index in [-0.39, 0.29) is 11.9 Å². The second kappa shape index (κ2) is 8.53. The van der Waals surface area contributed by atoms with E-state index in [1.54, 1.807) is 39.9 Å². The number of fused-ring (bicyclic) bond motifs is 1. The van der Waals surface area contributed by atoms with Crippen LogP contribution in [-0.2, 0) is 11.3 Å². The first-order valence-corrected chi connectivity index (χ1v) is 9.54. The number of carboxylic acid groups (broad SMARTS) is 1. The van der Waals surface area contributed by atoms with Gasteiger partial charge >= 0.3 is 6.09 Å². The monoisotopic (exact) mass is 427 g/mol. The van der Waals surface area contributed by atoms with Gasteiger partial charge in [0.15, 0.2) is 5.65 Å². The highest BCUT2D eigenvalue weighted by molar-refractivity contribution is 5.91. The molecule has 0 saturated heterocycles. The summed E-state index contributed by atoms with van der Waals surface area (Å²) in [4.78, 5) is 32.9. The van der Waals surface area contributed by atoms with E-state index >= 15 is 0 Å². The van der Waals surface area contributed by atoms with Gasteiger partial charge in [-0.25, -0.2) is 14.3 Å². The highest BCUT2D eigenvalue weighted by Crippen LogP contribution is 2.25. The first kappa shape index (κ1) is 20.5. The third-order valence-electron chi connectivity index (χ3n) is 4.71. The van der Waals surface area contributed by atoms with Crippen LogP contribution in [0.2, 0.25) is 0 Å². The molecular formula is C22H17N7O3. The minimum Gasteiger partial charge on any atom is -0.465 e. The summed E-state index contributed by atoms with van der Waals surface area (Å²) < 4.78 is 1.55. The van der Waals surface area contributed by atoms with Crippen LogP contribution in [0.15, 0.2) is 60.8 Å². The third kappa shape index (κ3) is 4.22. The maximum atomic E-state index is 12.3. The molecule has 0 bridgehead atoms. The van der Waals surface area contributed by atoms with Crippen LogP contribution >= 0.6 is 0 Å². The van der Waals surface area contributed by atoms with Gasteiger partial charge in [0.05, 0.1) is 12.2 Å². The number of carbonyl (C=O) groups excluding carboxylic acids is 1. The van der Waals surface area contributed by atoms with Crippen molar-refractivity contribution in [3.63, 3.8) is 0 Å². The Morgan fingerprint density at radius 3 is 2.56 bits per heavy atom. The van der Waals surface area contributed by atoms with Crippen molar-refractivity contribution in [1.82, 2.24) is 19.6 Å². The Bertz CT molecular complexity index is 1340. The molecule has 1 aromatic carbocycles. The normalized spacial score (nSPS) is 10.5. The molecule has 0 aliphatic rings. The van der Waals surface area contributed by atoms with Gasteiger partial charge < -0.3 is 10.0 Å². The summed E-state index contributed by atoms with van der Waals surface area (Å²) in [7, 11) is 0. The number of nitrogens with one attached hydrogen (secondary N) is 1. The van der Waals surface area contributed by atoms with E-state index in [1.165, 1.54) is 6.92 Å². The second-order valence-electron chi connectivity index (χ2n) is 6.86. The maximum absolute atomic E-state index is 12.3. The van der Waals surface area contributed by atoms with Gasteiger partial charge in [-0.2, -0.15) is 10.2 Å². The molecule has 158 valence electrons. The van der Waals surface area contributed by atoms with Crippen molar-refractivity contribution < 1.29 is 14.7 Å². The third-order valence-corrected chi connectivity index (χ3v) is 4.71. The smallest absolute Gasteiger partial charge is 0.411 e. The van der Waals surface area contributed by atoms with E-state index in [2.05, 4.69) is 20.4 Å². The number of rotatable bonds is 5. The summed E-state index contributed by atoms with van der Waals surface area (Å²) in [5.41, 5.74) is 3.84. The van der Waals surface area contributed by atoms with Crippen molar-refractivity contribution in [1.29, 1.82) is 5.26 Å². The number of amides is 2. The Kier molecular flexibility index (Phi) is 5.46. The van der Waals surface area contributed by atoms with Crippen LogP contribution in [0.4, 0.5) is 16.4 Å². The van der Waals surface area contributed by atoms with Crippen molar-refractivity contribution in [3.8, 4) is 17.3 Å². The molecule has 0 aliphatic carbocycles. The van der Waals surface area contributed by atoms with Gasteiger partial charge in [0.25, 0.3) is 5.95 Å². The molecule has 32 heavy (non-hydrogen) atoms. The number of aromatic nitrogens is 4. The minimum absolute atomic E-state index is 0.0136. The van der Waals surface area contributed by atoms with Gasteiger partial charge in [-0.15, -0.1) is 5.10 Å². The van der Waals surface area contributed by atoms with Crippen molar-refractivity contribution in [2.24, 2.45) is 0 Å². The summed E-state index contributed by atoms with van der Waals surface area (Å²) in [6.45, 7) is 1.80. The first-order valence-electron chi connectivity index (χ1n) is 9.54. The zero-order valence-electron chi connectivity index (χ0n) is 16.9. The van der Waals surface area contributed by atoms with Gasteiger partial charge in [0.2, 0.25) is 5.91 Å². The molecule has 3 heterocycles. The minimum atomic E-state index is -1.24. The lowest BCUT2D eigenvalue weighted by Gasteiger charge is -2.21. The first-order chi connectivity index (χ1) is 15.4. The molecule has 0 unspecified atom stereocenters. The van der Waals surface area contributed by atoms with Crippen LogP contribution in [-0.4, -0.2) is 36.7 Å². The number of anilines is 2. The maximum Gasteiger partial charge on any atom is 0.411 e. The fourth-order valence-corrected chi connectivity index (χ4v) is 3.24. The molecule has 10 nitrogen and oxygen atoms in total. The van der Waals surface area contributed by atoms with Crippen LogP contribution in [0.3, 0.4) is 0 Å². The quantitative estimate of drug-likeness (QED) is 0.498. The summed E-state index contributed by atoms with van der Waals surface area (Å²) >= 11 is 0. The fourth-order valence-electron chi connectivity index (χ4n) is 3.24. The molecule has 0 saturated carbocycles. The lowest BCUT2D eigenvalue weighted by Crippen LogP contribution is -2.27. The van der Waals surface area contributed by atoms with Crippen molar-refractivity contribution in [2.45, 2.75) is 13.5 Å². The molecule has 3 aromatic heterocycles. The highest BCUT2D eigenvalue weighted by atomic mass is 16.4. The van der Waals surface area contributed by atoms with Crippen molar-refractivity contribution >= 4 is 29.3 Å². The number of hydrogen-bond donors (Lipinski definition) is 2. The van der Waals surface area contributed by atoms with E-state index in [0.29, 0.717) is 29.3 Å². The van der Waals surface area contributed by atoms with Gasteiger partial charge in [-0.05, 0) is 35.9 Å². The summed E-state index contributed by atoms with van der Waals surface area (Å²) in [6, 6.07) is 18.1. The number of pyridine rings is 2. The van der Waals surface area contributed by atoms with Gasteiger partial charge in [0.1, 0.15) is 11.8 Å². The van der Waals surface area contributed by atoms with Crippen LogP contribution in [0.5, 0.6) is 0 Å². The second-order valence-corrected chi connectivity index (χ2v) is 6.86. The average Bonchev–Trinajstić information content (AvgIpc) is 3.19. The number of nitrogens with zero attached hydrogens (tertiary/aromatic N) is 6. The SMILES string of the molecule is CC(=O)N(Cc1ccc(C#N)nc1)c1ccc(-c2cccc3nc(NC(=O)O)nn23)cc1. The topological polar surface area (TPSA) is 137 Å². The molecular weight excluding hydrogens is 410 g/mol. The summed E-state index contributed by atoms with van der Waals surface area (Å²) in [6.07, 6.45) is 0.338. The Balaban J connectivity index is 1.62. The highest BCUT2D eigenvalue weighted by Gasteiger charge is 2.14. The number of nitriles is 1. The Hall–Kier alpha value is -4.78. The van der Waals surface area contributed by atoms with Crippen LogP contribution < -0.4 is 10.2 Å². The fraction of sp³-hybridized carbons (Fsp3) is 0.0909. The lowest BCUT2D eigenvalue weighted by molar-refractivity contribution is -0.116. The molecule has 0 spiro atoms. The average molecular weight is 427 g/mol. The van der Waals surface area contributed by atoms with E-state index in [4.69, 9.17) is 10.4 Å². The Morgan fingerprint density at radius 1 is 1.16 bits per heavy atom. The molecule has 0 aliphatic heterocycles. The van der Waals surface area contributed by atoms with Crippen LogP contribution in [0, 0.1) is 11.3 Å². The van der Waals surface area contributed by atoms with Crippen LogP contribution in [0.25, 0.3) is 16.9 Å². The molecule has 2 amide bonds. The predicted molar refractivity (Wildman–Crippen MR) is 116 cm³/mol.